The Balaban J connectivity index is 2.29. The van der Waals surface area contributed by atoms with Crippen LogP contribution in [0.3, 0.4) is 0 Å². The topological polar surface area (TPSA) is 18.5 Å². The average molecular weight is 160 g/mol. The van der Waals surface area contributed by atoms with Gasteiger partial charge in [-0.05, 0) is 6.92 Å². The highest BCUT2D eigenvalue weighted by molar-refractivity contribution is 4.61. The molecule has 1 heterocycles. The Morgan fingerprint density at radius 3 is 2.36 bits per heavy atom. The number of hydrogen-bond acceptors (Lipinski definition) is 2. The summed E-state index contributed by atoms with van der Waals surface area (Å²) in [6, 6.07) is 0. The van der Waals surface area contributed by atoms with Gasteiger partial charge in [0.05, 0.1) is 27.7 Å². The van der Waals surface area contributed by atoms with E-state index in [0.717, 1.165) is 17.6 Å². The molecule has 0 aromatic heterocycles. The molecule has 3 heteroatoms. The Hall–Kier alpha value is -0.120. The van der Waals surface area contributed by atoms with E-state index in [1.54, 1.807) is 0 Å². The highest BCUT2D eigenvalue weighted by atomic mass is 16.7. The van der Waals surface area contributed by atoms with Crippen molar-refractivity contribution in [3.63, 3.8) is 0 Å². The van der Waals surface area contributed by atoms with Crippen LogP contribution in [0.5, 0.6) is 0 Å². The first-order valence-corrected chi connectivity index (χ1v) is 4.05. The third-order valence-corrected chi connectivity index (χ3v) is 1.65. The van der Waals surface area contributed by atoms with Crippen molar-refractivity contribution in [2.24, 2.45) is 0 Å². The first kappa shape index (κ1) is 8.97. The van der Waals surface area contributed by atoms with Gasteiger partial charge in [0, 0.05) is 0 Å². The van der Waals surface area contributed by atoms with Crippen LogP contribution in [0.4, 0.5) is 0 Å². The molecular formula is C8H18NO2+. The van der Waals surface area contributed by atoms with Crippen molar-refractivity contribution in [2.75, 3.05) is 34.3 Å². The SMILES string of the molecule is C[C@H]1OC[C@H](C[N+](C)(C)C)O1. The van der Waals surface area contributed by atoms with E-state index in [1.807, 2.05) is 6.92 Å². The molecule has 11 heavy (non-hydrogen) atoms. The van der Waals surface area contributed by atoms with Gasteiger partial charge in [-0.3, -0.25) is 0 Å². The molecule has 66 valence electrons. The zero-order valence-corrected chi connectivity index (χ0v) is 7.83. The molecule has 0 spiro atoms. The number of nitrogens with zero attached hydrogens (tertiary/aromatic N) is 1. The van der Waals surface area contributed by atoms with E-state index in [1.165, 1.54) is 0 Å². The van der Waals surface area contributed by atoms with Crippen LogP contribution < -0.4 is 0 Å². The van der Waals surface area contributed by atoms with Crippen molar-refractivity contribution in [1.29, 1.82) is 0 Å². The van der Waals surface area contributed by atoms with E-state index in [9.17, 15) is 0 Å². The first-order chi connectivity index (χ1) is 4.97. The lowest BCUT2D eigenvalue weighted by molar-refractivity contribution is -0.873. The highest BCUT2D eigenvalue weighted by Gasteiger charge is 2.27. The monoisotopic (exact) mass is 160 g/mol. The van der Waals surface area contributed by atoms with Gasteiger partial charge in [-0.1, -0.05) is 0 Å². The molecule has 0 N–H and O–H groups in total. The molecule has 1 rings (SSSR count). The van der Waals surface area contributed by atoms with Crippen LogP contribution >= 0.6 is 0 Å². The van der Waals surface area contributed by atoms with E-state index in [0.29, 0.717) is 0 Å². The predicted molar refractivity (Wildman–Crippen MR) is 43.2 cm³/mol. The van der Waals surface area contributed by atoms with Crippen LogP contribution in [0.2, 0.25) is 0 Å². The molecule has 0 saturated carbocycles. The Morgan fingerprint density at radius 2 is 2.00 bits per heavy atom. The molecule has 1 aliphatic rings. The van der Waals surface area contributed by atoms with Gasteiger partial charge in [-0.25, -0.2) is 0 Å². The lowest BCUT2D eigenvalue weighted by Gasteiger charge is -2.26. The highest BCUT2D eigenvalue weighted by Crippen LogP contribution is 2.12. The summed E-state index contributed by atoms with van der Waals surface area (Å²) in [5.74, 6) is 0. The van der Waals surface area contributed by atoms with Crippen molar-refractivity contribution in [3.05, 3.63) is 0 Å². The van der Waals surface area contributed by atoms with E-state index in [4.69, 9.17) is 9.47 Å². The Labute approximate surface area is 68.5 Å². The van der Waals surface area contributed by atoms with Crippen molar-refractivity contribution < 1.29 is 14.0 Å². The molecular weight excluding hydrogens is 142 g/mol. The molecule has 0 aromatic rings. The summed E-state index contributed by atoms with van der Waals surface area (Å²) in [4.78, 5) is 0. The van der Waals surface area contributed by atoms with Crippen LogP contribution in [0, 0.1) is 0 Å². The summed E-state index contributed by atoms with van der Waals surface area (Å²) < 4.78 is 11.7. The largest absolute Gasteiger partial charge is 0.350 e. The summed E-state index contributed by atoms with van der Waals surface area (Å²) in [5, 5.41) is 0. The quantitative estimate of drug-likeness (QED) is 0.546. The molecule has 0 aliphatic carbocycles. The number of ether oxygens (including phenoxy) is 2. The third kappa shape index (κ3) is 3.18. The summed E-state index contributed by atoms with van der Waals surface area (Å²) in [7, 11) is 6.48. The number of quaternary nitrogens is 1. The van der Waals surface area contributed by atoms with Gasteiger partial charge in [0.15, 0.2) is 6.29 Å². The van der Waals surface area contributed by atoms with Crippen molar-refractivity contribution in [2.45, 2.75) is 19.3 Å². The molecule has 0 bridgehead atoms. The second-order valence-electron chi connectivity index (χ2n) is 4.13. The lowest BCUT2D eigenvalue weighted by atomic mass is 10.3. The molecule has 1 saturated heterocycles. The van der Waals surface area contributed by atoms with Crippen molar-refractivity contribution in [3.8, 4) is 0 Å². The smallest absolute Gasteiger partial charge is 0.155 e. The summed E-state index contributed by atoms with van der Waals surface area (Å²) in [6.07, 6.45) is 0.275. The van der Waals surface area contributed by atoms with Crippen LogP contribution in [-0.2, 0) is 9.47 Å². The third-order valence-electron chi connectivity index (χ3n) is 1.65. The fourth-order valence-electron chi connectivity index (χ4n) is 1.30. The van der Waals surface area contributed by atoms with Gasteiger partial charge in [0.1, 0.15) is 12.6 Å². The number of hydrogen-bond donors (Lipinski definition) is 0. The Bertz CT molecular complexity index is 131. The average Bonchev–Trinajstić information content (AvgIpc) is 2.10. The van der Waals surface area contributed by atoms with Crippen LogP contribution in [0.1, 0.15) is 6.92 Å². The van der Waals surface area contributed by atoms with Gasteiger partial charge >= 0.3 is 0 Å². The Morgan fingerprint density at radius 1 is 1.36 bits per heavy atom. The van der Waals surface area contributed by atoms with Crippen LogP contribution in [-0.4, -0.2) is 51.2 Å². The minimum absolute atomic E-state index is 0.00782. The van der Waals surface area contributed by atoms with E-state index >= 15 is 0 Å². The zero-order valence-electron chi connectivity index (χ0n) is 7.83. The zero-order chi connectivity index (χ0) is 8.48. The molecule has 2 atom stereocenters. The lowest BCUT2D eigenvalue weighted by Crippen LogP contribution is -2.42. The van der Waals surface area contributed by atoms with E-state index in [-0.39, 0.29) is 12.4 Å². The Kier molecular flexibility index (Phi) is 2.52. The van der Waals surface area contributed by atoms with Crippen molar-refractivity contribution in [1.82, 2.24) is 0 Å². The molecule has 0 radical (unpaired) electrons. The van der Waals surface area contributed by atoms with Crippen molar-refractivity contribution >= 4 is 0 Å². The van der Waals surface area contributed by atoms with Gasteiger partial charge < -0.3 is 14.0 Å². The minimum Gasteiger partial charge on any atom is -0.350 e. The molecule has 1 aliphatic heterocycles. The molecule has 3 nitrogen and oxygen atoms in total. The fourth-order valence-corrected chi connectivity index (χ4v) is 1.30. The van der Waals surface area contributed by atoms with Gasteiger partial charge in [-0.2, -0.15) is 0 Å². The molecule has 0 amide bonds. The molecule has 1 fully saturated rings. The summed E-state index contributed by atoms with van der Waals surface area (Å²) in [6.45, 7) is 3.71. The van der Waals surface area contributed by atoms with E-state index in [2.05, 4.69) is 21.1 Å². The van der Waals surface area contributed by atoms with Crippen LogP contribution in [0.25, 0.3) is 0 Å². The minimum atomic E-state index is -0.00782. The molecule has 0 unspecified atom stereocenters. The van der Waals surface area contributed by atoms with Gasteiger partial charge in [-0.15, -0.1) is 0 Å². The maximum atomic E-state index is 5.50. The second-order valence-corrected chi connectivity index (χ2v) is 4.13. The van der Waals surface area contributed by atoms with Gasteiger partial charge in [0.2, 0.25) is 0 Å². The molecule has 0 aromatic carbocycles. The standard InChI is InChI=1S/C8H18NO2/c1-7-10-6-8(11-7)5-9(2,3)4/h7-8H,5-6H2,1-4H3/q+1/t7-,8-/m0/s1. The summed E-state index contributed by atoms with van der Waals surface area (Å²) >= 11 is 0. The predicted octanol–water partition coefficient (Wildman–Crippen LogP) is 0.454. The maximum absolute atomic E-state index is 5.50. The number of likely N-dealkylation sites (N-methyl/N-ethyl adjacent to an activating group) is 1. The van der Waals surface area contributed by atoms with E-state index < -0.39 is 0 Å². The van der Waals surface area contributed by atoms with Gasteiger partial charge in [0.25, 0.3) is 0 Å². The number of rotatable bonds is 2. The van der Waals surface area contributed by atoms with Crippen LogP contribution in [0.15, 0.2) is 0 Å². The summed E-state index contributed by atoms with van der Waals surface area (Å²) in [5.41, 5.74) is 0. The second kappa shape index (κ2) is 3.09. The first-order valence-electron chi connectivity index (χ1n) is 4.05. The fraction of sp³-hybridized carbons (Fsp3) is 1.00. The maximum Gasteiger partial charge on any atom is 0.155 e. The normalized spacial score (nSPS) is 32.7.